The third-order valence-corrected chi connectivity index (χ3v) is 5.78. The summed E-state index contributed by atoms with van der Waals surface area (Å²) in [4.78, 5) is 15.2. The molecule has 26 heavy (non-hydrogen) atoms. The Kier molecular flexibility index (Phi) is 4.50. The third-order valence-electron chi connectivity index (χ3n) is 5.78. The number of carbonyl (C=O) groups excluding carboxylic acids is 1. The van der Waals surface area contributed by atoms with Crippen molar-refractivity contribution in [2.45, 2.75) is 43.6 Å². The second-order valence-corrected chi connectivity index (χ2v) is 7.51. The van der Waals surface area contributed by atoms with Crippen LogP contribution >= 0.6 is 0 Å². The molecule has 1 saturated carbocycles. The van der Waals surface area contributed by atoms with Crippen molar-refractivity contribution in [3.63, 3.8) is 0 Å². The first kappa shape index (κ1) is 16.8. The Balaban J connectivity index is 1.52. The zero-order valence-corrected chi connectivity index (χ0v) is 15.1. The summed E-state index contributed by atoms with van der Waals surface area (Å²) in [6, 6.07) is 12.4. The molecule has 0 bridgehead atoms. The molecule has 0 N–H and O–H groups in total. The van der Waals surface area contributed by atoms with Gasteiger partial charge in [-0.15, -0.1) is 0 Å². The van der Waals surface area contributed by atoms with Crippen molar-refractivity contribution >= 4 is 5.91 Å². The number of amides is 1. The minimum absolute atomic E-state index is 0.0150. The van der Waals surface area contributed by atoms with E-state index in [0.717, 1.165) is 43.4 Å². The lowest BCUT2D eigenvalue weighted by Crippen LogP contribution is -2.47. The molecule has 4 atom stereocenters. The van der Waals surface area contributed by atoms with Crippen LogP contribution in [0.3, 0.4) is 0 Å². The van der Waals surface area contributed by atoms with Gasteiger partial charge in [0.2, 0.25) is 5.91 Å². The highest BCUT2D eigenvalue weighted by molar-refractivity contribution is 5.83. The minimum Gasteiger partial charge on any atom is -0.338 e. The molecule has 1 saturated heterocycles. The zero-order chi connectivity index (χ0) is 18.1. The lowest BCUT2D eigenvalue weighted by molar-refractivity contribution is -0.136. The molecule has 0 spiro atoms. The number of likely N-dealkylation sites (tertiary alicyclic amines) is 1. The first-order valence-corrected chi connectivity index (χ1v) is 9.42. The number of piperidine rings is 1. The zero-order valence-electron chi connectivity index (χ0n) is 15.1. The van der Waals surface area contributed by atoms with Crippen molar-refractivity contribution in [3.05, 3.63) is 53.9 Å². The largest absolute Gasteiger partial charge is 0.338 e. The van der Waals surface area contributed by atoms with Crippen LogP contribution in [0.15, 0.2) is 42.7 Å². The molecule has 1 aliphatic heterocycles. The number of hydrogen-bond acceptors (Lipinski definition) is 3. The van der Waals surface area contributed by atoms with E-state index in [-0.39, 0.29) is 29.7 Å². The van der Waals surface area contributed by atoms with Gasteiger partial charge in [0.25, 0.3) is 0 Å². The molecule has 2 heterocycles. The molecule has 2 aromatic rings. The van der Waals surface area contributed by atoms with Gasteiger partial charge in [0.1, 0.15) is 0 Å². The number of hydrogen-bond donors (Lipinski definition) is 0. The Bertz CT molecular complexity index is 822. The van der Waals surface area contributed by atoms with E-state index in [1.807, 2.05) is 54.7 Å². The summed E-state index contributed by atoms with van der Waals surface area (Å²) in [5, 5.41) is 14.0. The molecule has 2 fully saturated rings. The van der Waals surface area contributed by atoms with Crippen LogP contribution in [-0.2, 0) is 11.8 Å². The van der Waals surface area contributed by atoms with Gasteiger partial charge >= 0.3 is 0 Å². The Labute approximate surface area is 154 Å². The van der Waals surface area contributed by atoms with E-state index in [1.54, 1.807) is 4.68 Å². The van der Waals surface area contributed by atoms with E-state index < -0.39 is 0 Å². The fourth-order valence-electron chi connectivity index (χ4n) is 4.30. The van der Waals surface area contributed by atoms with Crippen molar-refractivity contribution in [2.75, 3.05) is 6.54 Å². The lowest BCUT2D eigenvalue weighted by atomic mass is 9.86. The molecule has 5 heteroatoms. The van der Waals surface area contributed by atoms with Crippen molar-refractivity contribution in [2.24, 2.45) is 13.0 Å². The SMILES string of the molecule is Cn1cc(C2CC2C(=O)N2CCCCC2C(C#N)c2ccccc2)cn1. The first-order valence-electron chi connectivity index (χ1n) is 9.42. The maximum atomic E-state index is 13.2. The summed E-state index contributed by atoms with van der Waals surface area (Å²) in [6.45, 7) is 0.769. The van der Waals surface area contributed by atoms with E-state index in [2.05, 4.69) is 11.2 Å². The van der Waals surface area contributed by atoms with Crippen LogP contribution in [0, 0.1) is 17.2 Å². The molecule has 134 valence electrons. The third kappa shape index (κ3) is 3.12. The van der Waals surface area contributed by atoms with Crippen LogP contribution in [0.25, 0.3) is 0 Å². The minimum atomic E-state index is -0.254. The van der Waals surface area contributed by atoms with E-state index in [9.17, 15) is 10.1 Å². The number of nitriles is 1. The summed E-state index contributed by atoms with van der Waals surface area (Å²) < 4.78 is 1.79. The average molecular weight is 348 g/mol. The van der Waals surface area contributed by atoms with Crippen molar-refractivity contribution in [1.29, 1.82) is 5.26 Å². The summed E-state index contributed by atoms with van der Waals surface area (Å²) in [5.74, 6) is 0.307. The van der Waals surface area contributed by atoms with E-state index in [0.29, 0.717) is 0 Å². The highest BCUT2D eigenvalue weighted by Gasteiger charge is 2.48. The van der Waals surface area contributed by atoms with Crippen LogP contribution in [0.5, 0.6) is 0 Å². The molecule has 0 radical (unpaired) electrons. The molecule has 1 aromatic carbocycles. The second kappa shape index (κ2) is 6.95. The van der Waals surface area contributed by atoms with Crippen LogP contribution < -0.4 is 0 Å². The summed E-state index contributed by atoms with van der Waals surface area (Å²) >= 11 is 0. The highest BCUT2D eigenvalue weighted by atomic mass is 16.2. The van der Waals surface area contributed by atoms with E-state index >= 15 is 0 Å². The van der Waals surface area contributed by atoms with Gasteiger partial charge in [-0.25, -0.2) is 0 Å². The number of rotatable bonds is 4. The molecule has 4 rings (SSSR count). The predicted molar refractivity (Wildman–Crippen MR) is 98.2 cm³/mol. The Morgan fingerprint density at radius 2 is 2.12 bits per heavy atom. The molecular weight excluding hydrogens is 324 g/mol. The van der Waals surface area contributed by atoms with E-state index in [4.69, 9.17) is 0 Å². The van der Waals surface area contributed by atoms with Crippen LogP contribution in [0.4, 0.5) is 0 Å². The Hall–Kier alpha value is -2.61. The van der Waals surface area contributed by atoms with Gasteiger partial charge in [-0.05, 0) is 42.7 Å². The predicted octanol–water partition coefficient (Wildman–Crippen LogP) is 3.21. The number of aromatic nitrogens is 2. The standard InChI is InChI=1S/C21H24N4O/c1-24-14-16(13-23-24)17-11-18(17)21(26)25-10-6-5-9-20(25)19(12-22)15-7-3-2-4-8-15/h2-4,7-8,13-14,17-20H,5-6,9-11H2,1H3. The maximum Gasteiger partial charge on any atom is 0.226 e. The molecule has 2 aliphatic rings. The van der Waals surface area contributed by atoms with Crippen LogP contribution in [0.1, 0.15) is 48.6 Å². The molecule has 4 unspecified atom stereocenters. The van der Waals surface area contributed by atoms with Crippen molar-refractivity contribution in [1.82, 2.24) is 14.7 Å². The summed E-state index contributed by atoms with van der Waals surface area (Å²) in [7, 11) is 1.90. The number of benzene rings is 1. The Morgan fingerprint density at radius 1 is 1.31 bits per heavy atom. The van der Waals surface area contributed by atoms with E-state index in [1.165, 1.54) is 0 Å². The number of nitrogens with zero attached hydrogens (tertiary/aromatic N) is 4. The fourth-order valence-corrected chi connectivity index (χ4v) is 4.30. The smallest absolute Gasteiger partial charge is 0.226 e. The highest BCUT2D eigenvalue weighted by Crippen LogP contribution is 2.49. The second-order valence-electron chi connectivity index (χ2n) is 7.51. The quantitative estimate of drug-likeness (QED) is 0.852. The molecule has 1 aliphatic carbocycles. The van der Waals surface area contributed by atoms with Crippen molar-refractivity contribution in [3.8, 4) is 6.07 Å². The molecule has 1 amide bonds. The Morgan fingerprint density at radius 3 is 2.81 bits per heavy atom. The lowest BCUT2D eigenvalue weighted by Gasteiger charge is -2.38. The van der Waals surface area contributed by atoms with Gasteiger partial charge in [0.15, 0.2) is 0 Å². The number of carbonyl (C=O) groups is 1. The summed E-state index contributed by atoms with van der Waals surface area (Å²) in [5.41, 5.74) is 2.17. The van der Waals surface area contributed by atoms with Crippen molar-refractivity contribution < 1.29 is 4.79 Å². The van der Waals surface area contributed by atoms with Crippen LogP contribution in [-0.4, -0.2) is 33.2 Å². The molecule has 5 nitrogen and oxygen atoms in total. The first-order chi connectivity index (χ1) is 12.7. The average Bonchev–Trinajstić information content (AvgIpc) is 3.37. The maximum absolute atomic E-state index is 13.2. The van der Waals surface area contributed by atoms with Gasteiger partial charge in [-0.3, -0.25) is 9.48 Å². The van der Waals surface area contributed by atoms with Gasteiger partial charge < -0.3 is 4.90 Å². The molecule has 1 aromatic heterocycles. The fraction of sp³-hybridized carbons (Fsp3) is 0.476. The van der Waals surface area contributed by atoms with Gasteiger partial charge in [-0.2, -0.15) is 10.4 Å². The summed E-state index contributed by atoms with van der Waals surface area (Å²) in [6.07, 6.45) is 7.79. The number of aryl methyl sites for hydroxylation is 1. The molecular formula is C21H24N4O. The van der Waals surface area contributed by atoms with Gasteiger partial charge in [0.05, 0.1) is 24.2 Å². The monoisotopic (exact) mass is 348 g/mol. The normalized spacial score (nSPS) is 26.2. The van der Waals surface area contributed by atoms with Gasteiger partial charge in [0, 0.05) is 25.7 Å². The van der Waals surface area contributed by atoms with Gasteiger partial charge in [-0.1, -0.05) is 30.3 Å². The topological polar surface area (TPSA) is 61.9 Å². The van der Waals surface area contributed by atoms with Crippen LogP contribution in [0.2, 0.25) is 0 Å².